The molecule has 3 aliphatic heterocycles. The molecule has 0 saturated carbocycles. The van der Waals surface area contributed by atoms with E-state index in [2.05, 4.69) is 25.2 Å². The largest absolute Gasteiger partial charge is 0.369 e. The molecule has 146 valence electrons. The van der Waals surface area contributed by atoms with Gasteiger partial charge in [0.25, 0.3) is 5.91 Å². The standard InChI is InChI=1S/C21H25N5O2/c1-13-5-15(8-22-6-13)20(27)24-9-16-17-11-26(19-10-23-7-14(2)25-19)12-21(17)4-3-18(16)28-21/h5-8,10,16-18H,3-4,9,11-12H2,1-2H3,(H,24,27)/t16-,17+,18+,21+/m0/s1. The Hall–Kier alpha value is -2.54. The molecule has 2 aromatic heterocycles. The molecule has 3 aliphatic rings. The van der Waals surface area contributed by atoms with Gasteiger partial charge in [0.15, 0.2) is 0 Å². The Morgan fingerprint density at radius 2 is 2.14 bits per heavy atom. The second-order valence-electron chi connectivity index (χ2n) is 8.39. The van der Waals surface area contributed by atoms with Crippen LogP contribution in [0.4, 0.5) is 5.82 Å². The van der Waals surface area contributed by atoms with Crippen LogP contribution in [0, 0.1) is 25.7 Å². The van der Waals surface area contributed by atoms with Gasteiger partial charge < -0.3 is 15.0 Å². The number of ether oxygens (including phenoxy) is 1. The van der Waals surface area contributed by atoms with Crippen molar-refractivity contribution in [1.82, 2.24) is 20.3 Å². The Balaban J connectivity index is 1.30. The van der Waals surface area contributed by atoms with Crippen LogP contribution in [0.1, 0.15) is 34.5 Å². The van der Waals surface area contributed by atoms with Gasteiger partial charge in [0.1, 0.15) is 5.82 Å². The van der Waals surface area contributed by atoms with Gasteiger partial charge >= 0.3 is 0 Å². The number of aromatic nitrogens is 3. The van der Waals surface area contributed by atoms with Gasteiger partial charge in [0.05, 0.1) is 29.2 Å². The highest BCUT2D eigenvalue weighted by Crippen LogP contribution is 2.55. The number of rotatable bonds is 4. The molecule has 1 N–H and O–H groups in total. The molecule has 0 aromatic carbocycles. The van der Waals surface area contributed by atoms with Crippen molar-refractivity contribution < 1.29 is 9.53 Å². The summed E-state index contributed by atoms with van der Waals surface area (Å²) in [5, 5.41) is 3.12. The molecule has 2 bridgehead atoms. The van der Waals surface area contributed by atoms with Crippen molar-refractivity contribution in [3.63, 3.8) is 0 Å². The normalized spacial score (nSPS) is 30.5. The molecular formula is C21H25N5O2. The highest BCUT2D eigenvalue weighted by atomic mass is 16.5. The van der Waals surface area contributed by atoms with Crippen molar-refractivity contribution in [2.45, 2.75) is 38.4 Å². The summed E-state index contributed by atoms with van der Waals surface area (Å²) in [4.78, 5) is 27.9. The first-order valence-corrected chi connectivity index (χ1v) is 9.95. The average Bonchev–Trinajstić information content (AvgIpc) is 3.34. The third kappa shape index (κ3) is 2.85. The summed E-state index contributed by atoms with van der Waals surface area (Å²) >= 11 is 0. The summed E-state index contributed by atoms with van der Waals surface area (Å²) in [5.74, 6) is 1.60. The molecule has 3 saturated heterocycles. The van der Waals surface area contributed by atoms with Crippen LogP contribution in [0.2, 0.25) is 0 Å². The van der Waals surface area contributed by atoms with E-state index in [1.165, 1.54) is 0 Å². The monoisotopic (exact) mass is 379 g/mol. The Morgan fingerprint density at radius 1 is 1.29 bits per heavy atom. The van der Waals surface area contributed by atoms with E-state index < -0.39 is 0 Å². The first-order chi connectivity index (χ1) is 13.5. The highest BCUT2D eigenvalue weighted by molar-refractivity contribution is 5.94. The van der Waals surface area contributed by atoms with Crippen LogP contribution >= 0.6 is 0 Å². The topological polar surface area (TPSA) is 80.2 Å². The minimum Gasteiger partial charge on any atom is -0.369 e. The fourth-order valence-corrected chi connectivity index (χ4v) is 5.23. The minimum absolute atomic E-state index is 0.0626. The Labute approximate surface area is 164 Å². The molecule has 0 radical (unpaired) electrons. The number of aryl methyl sites for hydroxylation is 2. The van der Waals surface area contributed by atoms with Crippen LogP contribution in [-0.4, -0.2) is 52.2 Å². The van der Waals surface area contributed by atoms with E-state index in [0.717, 1.165) is 43.0 Å². The summed E-state index contributed by atoms with van der Waals surface area (Å²) in [6.07, 6.45) is 9.38. The van der Waals surface area contributed by atoms with Gasteiger partial charge in [-0.3, -0.25) is 14.8 Å². The van der Waals surface area contributed by atoms with E-state index in [-0.39, 0.29) is 17.6 Å². The lowest BCUT2D eigenvalue weighted by molar-refractivity contribution is 0.0141. The number of pyridine rings is 1. The summed E-state index contributed by atoms with van der Waals surface area (Å²) in [6.45, 7) is 6.31. The third-order valence-corrected chi connectivity index (χ3v) is 6.49. The molecule has 7 heteroatoms. The number of hydrogen-bond acceptors (Lipinski definition) is 6. The van der Waals surface area contributed by atoms with Crippen LogP contribution in [0.15, 0.2) is 30.9 Å². The van der Waals surface area contributed by atoms with Gasteiger partial charge in [-0.2, -0.15) is 0 Å². The Kier molecular flexibility index (Phi) is 4.08. The molecule has 28 heavy (non-hydrogen) atoms. The fraction of sp³-hybridized carbons (Fsp3) is 0.524. The van der Waals surface area contributed by atoms with Crippen molar-refractivity contribution in [3.8, 4) is 0 Å². The van der Waals surface area contributed by atoms with Crippen molar-refractivity contribution in [3.05, 3.63) is 47.7 Å². The smallest absolute Gasteiger partial charge is 0.252 e. The van der Waals surface area contributed by atoms with E-state index in [1.54, 1.807) is 18.6 Å². The predicted molar refractivity (Wildman–Crippen MR) is 104 cm³/mol. The third-order valence-electron chi connectivity index (χ3n) is 6.49. The van der Waals surface area contributed by atoms with Crippen LogP contribution in [0.3, 0.4) is 0 Å². The molecule has 1 spiro atoms. The first-order valence-electron chi connectivity index (χ1n) is 9.95. The number of nitrogens with zero attached hydrogens (tertiary/aromatic N) is 4. The molecule has 7 nitrogen and oxygen atoms in total. The molecule has 2 aromatic rings. The predicted octanol–water partition coefficient (Wildman–Crippen LogP) is 1.90. The molecule has 5 heterocycles. The maximum absolute atomic E-state index is 12.6. The summed E-state index contributed by atoms with van der Waals surface area (Å²) < 4.78 is 6.48. The van der Waals surface area contributed by atoms with Gasteiger partial charge in [-0.25, -0.2) is 4.98 Å². The number of carbonyl (C=O) groups is 1. The summed E-state index contributed by atoms with van der Waals surface area (Å²) in [5.41, 5.74) is 2.42. The highest BCUT2D eigenvalue weighted by Gasteiger charge is 2.63. The maximum Gasteiger partial charge on any atom is 0.252 e. The Bertz CT molecular complexity index is 919. The molecule has 3 fully saturated rings. The zero-order valence-electron chi connectivity index (χ0n) is 16.3. The number of carbonyl (C=O) groups excluding carboxylic acids is 1. The van der Waals surface area contributed by atoms with Gasteiger partial charge in [-0.15, -0.1) is 0 Å². The number of hydrogen-bond donors (Lipinski definition) is 1. The SMILES string of the molecule is Cc1cncc(C(=O)NC[C@H]2[C@H]3CN(c4cncc(C)n4)C[C@]34CC[C@H]2O4)c1. The number of anilines is 1. The molecule has 0 aliphatic carbocycles. The van der Waals surface area contributed by atoms with Crippen LogP contribution in [0.5, 0.6) is 0 Å². The van der Waals surface area contributed by atoms with E-state index in [9.17, 15) is 4.79 Å². The number of fused-ring (bicyclic) bond motifs is 1. The zero-order valence-corrected chi connectivity index (χ0v) is 16.3. The maximum atomic E-state index is 12.6. The van der Waals surface area contributed by atoms with E-state index in [1.807, 2.05) is 26.1 Å². The van der Waals surface area contributed by atoms with Gasteiger partial charge in [-0.05, 0) is 38.3 Å². The molecule has 1 amide bonds. The second kappa shape index (κ2) is 6.51. The van der Waals surface area contributed by atoms with Gasteiger partial charge in [-0.1, -0.05) is 0 Å². The van der Waals surface area contributed by atoms with Crippen LogP contribution in [0.25, 0.3) is 0 Å². The lowest BCUT2D eigenvalue weighted by Gasteiger charge is -2.29. The lowest BCUT2D eigenvalue weighted by Crippen LogP contribution is -2.41. The average molecular weight is 379 g/mol. The van der Waals surface area contributed by atoms with E-state index in [4.69, 9.17) is 4.74 Å². The van der Waals surface area contributed by atoms with Crippen molar-refractivity contribution >= 4 is 11.7 Å². The number of nitrogens with one attached hydrogen (secondary N) is 1. The van der Waals surface area contributed by atoms with E-state index >= 15 is 0 Å². The second-order valence-corrected chi connectivity index (χ2v) is 8.39. The lowest BCUT2D eigenvalue weighted by atomic mass is 9.73. The van der Waals surface area contributed by atoms with Crippen molar-refractivity contribution in [2.75, 3.05) is 24.5 Å². The molecule has 4 atom stereocenters. The molecule has 0 unspecified atom stereocenters. The zero-order chi connectivity index (χ0) is 19.3. The summed E-state index contributed by atoms with van der Waals surface area (Å²) in [7, 11) is 0. The fourth-order valence-electron chi connectivity index (χ4n) is 5.23. The van der Waals surface area contributed by atoms with Crippen LogP contribution < -0.4 is 10.2 Å². The molecule has 5 rings (SSSR count). The first kappa shape index (κ1) is 17.6. The van der Waals surface area contributed by atoms with Crippen LogP contribution in [-0.2, 0) is 4.74 Å². The minimum atomic E-state index is -0.101. The Morgan fingerprint density at radius 3 is 2.96 bits per heavy atom. The van der Waals surface area contributed by atoms with Crippen molar-refractivity contribution in [1.29, 1.82) is 0 Å². The van der Waals surface area contributed by atoms with Gasteiger partial charge in [0.2, 0.25) is 0 Å². The van der Waals surface area contributed by atoms with E-state index in [0.29, 0.717) is 23.9 Å². The number of amides is 1. The van der Waals surface area contributed by atoms with Crippen molar-refractivity contribution in [2.24, 2.45) is 11.8 Å². The molecular weight excluding hydrogens is 354 g/mol. The quantitative estimate of drug-likeness (QED) is 0.874. The summed E-state index contributed by atoms with van der Waals surface area (Å²) in [6, 6.07) is 1.87. The van der Waals surface area contributed by atoms with Gasteiger partial charge in [0, 0.05) is 50.1 Å².